The minimum Gasteiger partial charge on any atom is -0.325 e. The number of nitrogens with zero attached hydrogens (tertiary/aromatic N) is 1. The number of hydrogen-bond donors (Lipinski definition) is 1. The average molecular weight is 268 g/mol. The van der Waals surface area contributed by atoms with E-state index in [2.05, 4.69) is 10.3 Å². The second-order valence-electron chi connectivity index (χ2n) is 4.26. The third-order valence-corrected chi connectivity index (χ3v) is 3.63. The molecule has 2 heterocycles. The molecule has 3 nitrogen and oxygen atoms in total. The molecule has 19 heavy (non-hydrogen) atoms. The van der Waals surface area contributed by atoms with Crippen molar-refractivity contribution in [2.24, 2.45) is 0 Å². The van der Waals surface area contributed by atoms with Crippen LogP contribution in [-0.4, -0.2) is 10.9 Å². The highest BCUT2D eigenvalue weighted by molar-refractivity contribution is 7.08. The van der Waals surface area contributed by atoms with Crippen molar-refractivity contribution in [2.75, 3.05) is 5.32 Å². The van der Waals surface area contributed by atoms with Gasteiger partial charge in [-0.05, 0) is 34.5 Å². The van der Waals surface area contributed by atoms with Gasteiger partial charge in [-0.1, -0.05) is 12.1 Å². The van der Waals surface area contributed by atoms with Crippen LogP contribution in [0.25, 0.3) is 10.8 Å². The van der Waals surface area contributed by atoms with E-state index >= 15 is 0 Å². The standard InChI is InChI=1S/C15H12N2OS/c18-15(8-11-5-7-19-10-11)17-14-3-1-2-12-9-16-6-4-13(12)14/h1-7,9-10H,8H2,(H,17,18). The Morgan fingerprint density at radius 1 is 1.26 bits per heavy atom. The van der Waals surface area contributed by atoms with Crippen molar-refractivity contribution >= 4 is 33.7 Å². The molecule has 0 fully saturated rings. The highest BCUT2D eigenvalue weighted by atomic mass is 32.1. The number of thiophene rings is 1. The highest BCUT2D eigenvalue weighted by Crippen LogP contribution is 2.22. The van der Waals surface area contributed by atoms with E-state index in [-0.39, 0.29) is 5.91 Å². The summed E-state index contributed by atoms with van der Waals surface area (Å²) in [7, 11) is 0. The second kappa shape index (κ2) is 5.20. The van der Waals surface area contributed by atoms with Crippen LogP contribution in [0.3, 0.4) is 0 Å². The number of hydrogen-bond acceptors (Lipinski definition) is 3. The fourth-order valence-corrected chi connectivity index (χ4v) is 2.67. The van der Waals surface area contributed by atoms with Crippen molar-refractivity contribution in [1.29, 1.82) is 0 Å². The minimum atomic E-state index is 0.00251. The Morgan fingerprint density at radius 2 is 2.21 bits per heavy atom. The van der Waals surface area contributed by atoms with Crippen LogP contribution >= 0.6 is 11.3 Å². The van der Waals surface area contributed by atoms with Gasteiger partial charge in [0.05, 0.1) is 6.42 Å². The van der Waals surface area contributed by atoms with Gasteiger partial charge in [0, 0.05) is 28.9 Å². The first-order valence-electron chi connectivity index (χ1n) is 5.96. The maximum Gasteiger partial charge on any atom is 0.228 e. The SMILES string of the molecule is O=C(Cc1ccsc1)Nc1cccc2cnccc12. The number of fused-ring (bicyclic) bond motifs is 1. The van der Waals surface area contributed by atoms with Gasteiger partial charge in [0.1, 0.15) is 0 Å². The monoisotopic (exact) mass is 268 g/mol. The number of anilines is 1. The number of benzene rings is 1. The van der Waals surface area contributed by atoms with Gasteiger partial charge in [0.15, 0.2) is 0 Å². The van der Waals surface area contributed by atoms with Crippen molar-refractivity contribution in [3.05, 3.63) is 59.0 Å². The van der Waals surface area contributed by atoms with Gasteiger partial charge < -0.3 is 5.32 Å². The summed E-state index contributed by atoms with van der Waals surface area (Å²) >= 11 is 1.60. The molecule has 0 saturated heterocycles. The number of amides is 1. The smallest absolute Gasteiger partial charge is 0.228 e. The van der Waals surface area contributed by atoms with Crippen LogP contribution in [0.5, 0.6) is 0 Å². The molecule has 0 aliphatic heterocycles. The summed E-state index contributed by atoms with van der Waals surface area (Å²) < 4.78 is 0. The molecule has 2 aromatic heterocycles. The number of nitrogens with one attached hydrogen (secondary N) is 1. The molecule has 0 spiro atoms. The lowest BCUT2D eigenvalue weighted by molar-refractivity contribution is -0.115. The van der Waals surface area contributed by atoms with Crippen LogP contribution in [0.15, 0.2) is 53.5 Å². The molecule has 3 rings (SSSR count). The van der Waals surface area contributed by atoms with Gasteiger partial charge in [-0.15, -0.1) is 0 Å². The second-order valence-corrected chi connectivity index (χ2v) is 5.04. The molecule has 0 unspecified atom stereocenters. The highest BCUT2D eigenvalue weighted by Gasteiger charge is 2.06. The predicted octanol–water partition coefficient (Wildman–Crippen LogP) is 3.48. The summed E-state index contributed by atoms with van der Waals surface area (Å²) in [5.74, 6) is 0.00251. The maximum atomic E-state index is 12.0. The van der Waals surface area contributed by atoms with Crippen LogP contribution in [-0.2, 0) is 11.2 Å². The Balaban J connectivity index is 1.83. The fraction of sp³-hybridized carbons (Fsp3) is 0.0667. The van der Waals surface area contributed by atoms with Crippen molar-refractivity contribution in [3.63, 3.8) is 0 Å². The molecule has 94 valence electrons. The summed E-state index contributed by atoms with van der Waals surface area (Å²) in [5, 5.41) is 8.97. The van der Waals surface area contributed by atoms with Crippen LogP contribution in [0, 0.1) is 0 Å². The number of carbonyl (C=O) groups excluding carboxylic acids is 1. The van der Waals surface area contributed by atoms with E-state index in [1.807, 2.05) is 41.1 Å². The third kappa shape index (κ3) is 2.63. The molecule has 1 aromatic carbocycles. The first-order valence-corrected chi connectivity index (χ1v) is 6.91. The third-order valence-electron chi connectivity index (χ3n) is 2.90. The van der Waals surface area contributed by atoms with Gasteiger partial charge in [0.2, 0.25) is 5.91 Å². The first-order chi connectivity index (χ1) is 9.33. The molecular formula is C15H12N2OS. The fourth-order valence-electron chi connectivity index (χ4n) is 2.00. The quantitative estimate of drug-likeness (QED) is 0.790. The Hall–Kier alpha value is -2.20. The molecule has 0 aliphatic carbocycles. The molecule has 0 aliphatic rings. The lowest BCUT2D eigenvalue weighted by Crippen LogP contribution is -2.14. The normalized spacial score (nSPS) is 10.5. The van der Waals surface area contributed by atoms with Crippen LogP contribution in [0.1, 0.15) is 5.56 Å². The van der Waals surface area contributed by atoms with Crippen LogP contribution in [0.2, 0.25) is 0 Å². The zero-order valence-electron chi connectivity index (χ0n) is 10.2. The first kappa shape index (κ1) is 11.9. The van der Waals surface area contributed by atoms with E-state index < -0.39 is 0 Å². The van der Waals surface area contributed by atoms with Crippen molar-refractivity contribution in [1.82, 2.24) is 4.98 Å². The molecule has 1 N–H and O–H groups in total. The lowest BCUT2D eigenvalue weighted by atomic mass is 10.1. The van der Waals surface area contributed by atoms with Gasteiger partial charge in [-0.25, -0.2) is 0 Å². The van der Waals surface area contributed by atoms with Crippen LogP contribution in [0.4, 0.5) is 5.69 Å². The summed E-state index contributed by atoms with van der Waals surface area (Å²) in [6, 6.07) is 9.70. The average Bonchev–Trinajstić information content (AvgIpc) is 2.92. The molecule has 0 bridgehead atoms. The van der Waals surface area contributed by atoms with Gasteiger partial charge in [0.25, 0.3) is 0 Å². The van der Waals surface area contributed by atoms with Gasteiger partial charge >= 0.3 is 0 Å². The van der Waals surface area contributed by atoms with E-state index in [0.29, 0.717) is 6.42 Å². The number of rotatable bonds is 3. The lowest BCUT2D eigenvalue weighted by Gasteiger charge is -2.07. The van der Waals surface area contributed by atoms with Gasteiger partial charge in [-0.2, -0.15) is 11.3 Å². The molecule has 0 atom stereocenters. The zero-order chi connectivity index (χ0) is 13.1. The summed E-state index contributed by atoms with van der Waals surface area (Å²) in [6.45, 7) is 0. The Kier molecular flexibility index (Phi) is 3.25. The van der Waals surface area contributed by atoms with Gasteiger partial charge in [-0.3, -0.25) is 9.78 Å². The molecule has 0 radical (unpaired) electrons. The van der Waals surface area contributed by atoms with E-state index in [1.54, 1.807) is 23.7 Å². The van der Waals surface area contributed by atoms with Crippen molar-refractivity contribution in [2.45, 2.75) is 6.42 Å². The van der Waals surface area contributed by atoms with Crippen molar-refractivity contribution in [3.8, 4) is 0 Å². The molecule has 0 saturated carbocycles. The Labute approximate surface area is 114 Å². The minimum absolute atomic E-state index is 0.00251. The largest absolute Gasteiger partial charge is 0.325 e. The molecular weight excluding hydrogens is 256 g/mol. The topological polar surface area (TPSA) is 42.0 Å². The Bertz CT molecular complexity index is 702. The molecule has 3 aromatic rings. The van der Waals surface area contributed by atoms with E-state index in [9.17, 15) is 4.79 Å². The molecule has 4 heteroatoms. The van der Waals surface area contributed by atoms with Crippen LogP contribution < -0.4 is 5.32 Å². The summed E-state index contributed by atoms with van der Waals surface area (Å²) in [6.07, 6.45) is 3.94. The predicted molar refractivity (Wildman–Crippen MR) is 78.4 cm³/mol. The van der Waals surface area contributed by atoms with E-state index in [4.69, 9.17) is 0 Å². The zero-order valence-corrected chi connectivity index (χ0v) is 11.0. The van der Waals surface area contributed by atoms with E-state index in [0.717, 1.165) is 22.0 Å². The summed E-state index contributed by atoms with van der Waals surface area (Å²) in [5.41, 5.74) is 1.88. The number of carbonyl (C=O) groups is 1. The maximum absolute atomic E-state index is 12.0. The number of pyridine rings is 1. The van der Waals surface area contributed by atoms with E-state index in [1.165, 1.54) is 0 Å². The molecule has 1 amide bonds. The number of aromatic nitrogens is 1. The summed E-state index contributed by atoms with van der Waals surface area (Å²) in [4.78, 5) is 16.1. The van der Waals surface area contributed by atoms with Crippen molar-refractivity contribution < 1.29 is 4.79 Å². The Morgan fingerprint density at radius 3 is 3.05 bits per heavy atom.